The Bertz CT molecular complexity index is 2440. The minimum Gasteiger partial charge on any atom is -0.501 e. The maximum atomic E-state index is 8.62. The molecule has 47 heavy (non-hydrogen) atoms. The molecule has 6 heteroatoms. The summed E-state index contributed by atoms with van der Waals surface area (Å²) in [6.07, 6.45) is 4.75. The minimum atomic E-state index is -2.22. The number of fused-ring (bicyclic) bond motifs is 4. The molecule has 0 aliphatic carbocycles. The first-order chi connectivity index (χ1) is 24.6. The number of rotatable bonds is 5. The van der Waals surface area contributed by atoms with Crippen molar-refractivity contribution in [2.24, 2.45) is 0 Å². The largest absolute Gasteiger partial charge is 3.00 e. The van der Waals surface area contributed by atoms with Crippen LogP contribution in [0, 0.1) is 25.3 Å². The SMILES string of the molecule is [2H]C([2H])(C)[n+]1[c-]n(-c2[c-]cccc2)c2cc(C([2H])([2H])[Si](C)(C)C)ccc21.[2H]C([2H])([2H])c1cc(-c2[c-]ccc3c2oc2ccccc23)ncc1C(C)(C)C.[Ir+3]. The van der Waals surface area contributed by atoms with Crippen LogP contribution in [0.3, 0.4) is 0 Å². The molecule has 3 aromatic heterocycles. The molecule has 7 rings (SSSR count). The summed E-state index contributed by atoms with van der Waals surface area (Å²) in [6.45, 7) is 9.65. The molecule has 0 aliphatic heterocycles. The summed E-state index contributed by atoms with van der Waals surface area (Å²) in [5.41, 5.74) is 6.18. The average Bonchev–Trinajstić information content (AvgIpc) is 3.66. The zero-order valence-corrected chi connectivity index (χ0v) is 31.1. The number of para-hydroxylation sites is 2. The fraction of sp³-hybridized carbons (Fsp3) is 0.268. The summed E-state index contributed by atoms with van der Waals surface area (Å²) < 4.78 is 66.6. The van der Waals surface area contributed by atoms with E-state index >= 15 is 0 Å². The minimum absolute atomic E-state index is 0. The number of hydrogen-bond donors (Lipinski definition) is 0. The van der Waals surface area contributed by atoms with E-state index < -0.39 is 27.4 Å². The zero-order chi connectivity index (χ0) is 38.7. The molecule has 3 heterocycles. The van der Waals surface area contributed by atoms with Gasteiger partial charge in [0, 0.05) is 26.5 Å². The van der Waals surface area contributed by atoms with Gasteiger partial charge in [0.2, 0.25) is 6.33 Å². The third-order valence-electron chi connectivity index (χ3n) is 7.64. The predicted molar refractivity (Wildman–Crippen MR) is 193 cm³/mol. The van der Waals surface area contributed by atoms with Crippen LogP contribution in [0.15, 0.2) is 95.5 Å². The Morgan fingerprint density at radius 3 is 2.45 bits per heavy atom. The molecule has 0 aliphatic rings. The monoisotopic (exact) mass is 821 g/mol. The van der Waals surface area contributed by atoms with Gasteiger partial charge in [-0.1, -0.05) is 111 Å². The summed E-state index contributed by atoms with van der Waals surface area (Å²) in [5, 5.41) is 1.99. The van der Waals surface area contributed by atoms with Crippen molar-refractivity contribution in [3.05, 3.63) is 126 Å². The van der Waals surface area contributed by atoms with E-state index in [0.29, 0.717) is 33.5 Å². The molecule has 0 spiro atoms. The fourth-order valence-corrected chi connectivity index (χ4v) is 6.58. The van der Waals surface area contributed by atoms with Gasteiger partial charge in [0.25, 0.3) is 0 Å². The van der Waals surface area contributed by atoms with E-state index in [4.69, 9.17) is 14.0 Å². The van der Waals surface area contributed by atoms with E-state index in [-0.39, 0.29) is 25.5 Å². The van der Waals surface area contributed by atoms with Gasteiger partial charge in [0.1, 0.15) is 5.58 Å². The maximum Gasteiger partial charge on any atom is 3.00 e. The standard InChI is InChI=1S/C22H20NO.C19H23N2Si.Ir/c1-14-12-19(23-13-18(14)22(2,3)4)17-10-7-9-16-15-8-5-6-11-20(15)24-21(16)17;1-5-20-15-21(17-9-7-6-8-10-17)19-13-16(11-12-18(19)20)14-22(2,3)4;/h5-9,11-13H,1-4H3;6-9,11-13H,5,14H2,1-4H3;/q2*-1;+3/i1D3;5D2,14D2;. The number of furan rings is 1. The van der Waals surface area contributed by atoms with Crippen molar-refractivity contribution < 1.29 is 38.7 Å². The molecule has 0 atom stereocenters. The molecule has 0 N–H and O–H groups in total. The number of nitrogens with zero attached hydrogens (tertiary/aromatic N) is 3. The Labute approximate surface area is 303 Å². The fourth-order valence-electron chi connectivity index (χ4n) is 5.56. The van der Waals surface area contributed by atoms with Gasteiger partial charge in [-0.15, -0.1) is 18.2 Å². The van der Waals surface area contributed by atoms with Gasteiger partial charge in [-0.05, 0) is 42.5 Å². The normalized spacial score (nSPS) is 14.9. The number of hydrogen-bond acceptors (Lipinski definition) is 2. The summed E-state index contributed by atoms with van der Waals surface area (Å²) in [5.74, 6) is -1.40. The number of benzene rings is 4. The van der Waals surface area contributed by atoms with Crippen molar-refractivity contribution in [3.63, 3.8) is 0 Å². The third kappa shape index (κ3) is 7.36. The average molecular weight is 821 g/mol. The molecule has 0 radical (unpaired) electrons. The second kappa shape index (κ2) is 13.7. The summed E-state index contributed by atoms with van der Waals surface area (Å²) in [7, 11) is -2.11. The van der Waals surface area contributed by atoms with Gasteiger partial charge >= 0.3 is 20.1 Å². The number of imidazole rings is 1. The van der Waals surface area contributed by atoms with Gasteiger partial charge < -0.3 is 18.5 Å². The number of pyridine rings is 1. The molecule has 240 valence electrons. The Morgan fingerprint density at radius 2 is 1.74 bits per heavy atom. The molecular formula is C41H43IrN3OSi+. The maximum absolute atomic E-state index is 8.62. The molecule has 7 aromatic rings. The number of aryl methyl sites for hydroxylation is 2. The molecule has 0 unspecified atom stereocenters. The quantitative estimate of drug-likeness (QED) is 0.0985. The van der Waals surface area contributed by atoms with E-state index in [1.807, 2.05) is 101 Å². The van der Waals surface area contributed by atoms with E-state index in [9.17, 15) is 0 Å². The van der Waals surface area contributed by atoms with Crippen LogP contribution in [-0.4, -0.2) is 17.6 Å². The summed E-state index contributed by atoms with van der Waals surface area (Å²) >= 11 is 0. The first-order valence-electron chi connectivity index (χ1n) is 18.9. The molecule has 0 saturated heterocycles. The Balaban J connectivity index is 0.000000204. The Hall–Kier alpha value is -3.83. The topological polar surface area (TPSA) is 34.8 Å². The van der Waals surface area contributed by atoms with Crippen molar-refractivity contribution >= 4 is 41.0 Å². The molecule has 4 nitrogen and oxygen atoms in total. The van der Waals surface area contributed by atoms with Gasteiger partial charge in [-0.2, -0.15) is 30.3 Å². The van der Waals surface area contributed by atoms with Crippen LogP contribution in [0.25, 0.3) is 49.9 Å². The van der Waals surface area contributed by atoms with Gasteiger partial charge in [-0.25, -0.2) is 0 Å². The molecule has 0 bridgehead atoms. The molecular weight excluding hydrogens is 771 g/mol. The second-order valence-electron chi connectivity index (χ2n) is 13.4. The predicted octanol–water partition coefficient (Wildman–Crippen LogP) is 10.0. The van der Waals surface area contributed by atoms with Crippen LogP contribution < -0.4 is 4.57 Å². The van der Waals surface area contributed by atoms with Crippen LogP contribution in [0.1, 0.15) is 54.0 Å². The van der Waals surface area contributed by atoms with E-state index in [2.05, 4.69) is 23.4 Å². The van der Waals surface area contributed by atoms with Crippen molar-refractivity contribution in [1.29, 1.82) is 0 Å². The molecule has 0 amide bonds. The zero-order valence-electron chi connectivity index (χ0n) is 34.7. The van der Waals surface area contributed by atoms with Gasteiger partial charge in [0.15, 0.2) is 0 Å². The molecule has 0 fully saturated rings. The first-order valence-corrected chi connectivity index (χ1v) is 18.9. The van der Waals surface area contributed by atoms with Gasteiger partial charge in [-0.3, -0.25) is 0 Å². The van der Waals surface area contributed by atoms with E-state index in [1.165, 1.54) is 11.5 Å². The van der Waals surface area contributed by atoms with E-state index in [1.54, 1.807) is 35.0 Å². The number of aromatic nitrogens is 3. The summed E-state index contributed by atoms with van der Waals surface area (Å²) in [6, 6.07) is 32.4. The van der Waals surface area contributed by atoms with Crippen LogP contribution in [0.5, 0.6) is 0 Å². The first kappa shape index (κ1) is 26.2. The smallest absolute Gasteiger partial charge is 0.501 e. The summed E-state index contributed by atoms with van der Waals surface area (Å²) in [4.78, 5) is 4.57. The van der Waals surface area contributed by atoms with Crippen LogP contribution >= 0.6 is 0 Å². The third-order valence-corrected chi connectivity index (χ3v) is 8.68. The van der Waals surface area contributed by atoms with Crippen molar-refractivity contribution in [2.45, 2.75) is 72.1 Å². The van der Waals surface area contributed by atoms with Crippen LogP contribution in [0.2, 0.25) is 19.6 Å². The van der Waals surface area contributed by atoms with Crippen molar-refractivity contribution in [2.75, 3.05) is 0 Å². The van der Waals surface area contributed by atoms with E-state index in [0.717, 1.165) is 33.1 Å². The molecule has 4 aromatic carbocycles. The molecule has 0 saturated carbocycles. The van der Waals surface area contributed by atoms with Crippen LogP contribution in [-0.2, 0) is 38.0 Å². The van der Waals surface area contributed by atoms with Crippen LogP contribution in [0.4, 0.5) is 0 Å². The van der Waals surface area contributed by atoms with Gasteiger partial charge in [0.05, 0.1) is 25.9 Å². The Kier molecular flexibility index (Phi) is 7.64. The van der Waals surface area contributed by atoms with Crippen molar-refractivity contribution in [1.82, 2.24) is 9.55 Å². The Morgan fingerprint density at radius 1 is 0.957 bits per heavy atom. The van der Waals surface area contributed by atoms with Crippen molar-refractivity contribution in [3.8, 4) is 16.9 Å². The second-order valence-corrected chi connectivity index (χ2v) is 18.1.